The van der Waals surface area contributed by atoms with Crippen molar-refractivity contribution in [3.05, 3.63) is 52.6 Å². The Kier molecular flexibility index (Phi) is 7.85. The van der Waals surface area contributed by atoms with Gasteiger partial charge >= 0.3 is 12.2 Å². The lowest BCUT2D eigenvalue weighted by Crippen LogP contribution is -2.56. The molecule has 0 radical (unpaired) electrons. The summed E-state index contributed by atoms with van der Waals surface area (Å²) in [5.41, 5.74) is 0.945. The topological polar surface area (TPSA) is 92.4 Å². The number of nitrogens with one attached hydrogen (secondary N) is 1. The first-order valence-electron chi connectivity index (χ1n) is 15.9. The Hall–Kier alpha value is -3.98. The minimum Gasteiger partial charge on any atom is -0.461 e. The van der Waals surface area contributed by atoms with E-state index in [0.717, 1.165) is 25.8 Å². The number of nitrogens with two attached hydrogens (primary N) is 1. The van der Waals surface area contributed by atoms with Crippen molar-refractivity contribution in [1.82, 2.24) is 25.2 Å². The number of pyridine rings is 1. The van der Waals surface area contributed by atoms with Gasteiger partial charge in [-0.1, -0.05) is 13.5 Å². The van der Waals surface area contributed by atoms with Gasteiger partial charge in [-0.15, -0.1) is 0 Å². The third kappa shape index (κ3) is 5.16. The minimum absolute atomic E-state index is 0.0125. The molecule has 3 aromatic rings. The molecule has 0 unspecified atom stereocenters. The van der Waals surface area contributed by atoms with E-state index in [1.54, 1.807) is 0 Å². The standard InChI is InChI=1S/C33H34F7N7O/c1-4-18-13-47-19(11-42-18)8-15(2)21-22-28(26(35)23(25(21)34)27-24(33(38,39)40)16(3)9-20(41)43-27)44-31(45-30(22)47)48-14-32-6-5-7-46(32)12-17(10-32)29(36)37/h9,18-19,42H,2,4-8,10-14H2,1,3H3,(H2,41,43)/t18-,19-,32+/m1/s1. The predicted octanol–water partition coefficient (Wildman–Crippen LogP) is 6.62. The quantitative estimate of drug-likeness (QED) is 0.292. The Morgan fingerprint density at radius 2 is 1.94 bits per heavy atom. The first-order chi connectivity index (χ1) is 22.7. The first-order valence-corrected chi connectivity index (χ1v) is 15.9. The maximum Gasteiger partial charge on any atom is 0.418 e. The molecule has 15 heteroatoms. The molecule has 3 saturated heterocycles. The highest BCUT2D eigenvalue weighted by Gasteiger charge is 2.49. The molecule has 0 saturated carbocycles. The third-order valence-corrected chi connectivity index (χ3v) is 10.2. The number of aryl methyl sites for hydroxylation is 1. The van der Waals surface area contributed by atoms with Crippen LogP contribution in [0.15, 0.2) is 24.3 Å². The summed E-state index contributed by atoms with van der Waals surface area (Å²) in [6.07, 6.45) is -4.37. The van der Waals surface area contributed by atoms with E-state index < -0.39 is 51.8 Å². The number of fused-ring (bicyclic) bond motifs is 3. The van der Waals surface area contributed by atoms with Crippen LogP contribution in [0.2, 0.25) is 0 Å². The van der Waals surface area contributed by atoms with Crippen LogP contribution in [0.4, 0.5) is 42.4 Å². The van der Waals surface area contributed by atoms with Crippen LogP contribution < -0.4 is 20.7 Å². The summed E-state index contributed by atoms with van der Waals surface area (Å²) in [5.74, 6) is -2.85. The van der Waals surface area contributed by atoms with Crippen LogP contribution in [0, 0.1) is 18.6 Å². The fourth-order valence-electron chi connectivity index (χ4n) is 7.95. The zero-order valence-electron chi connectivity index (χ0n) is 26.4. The Labute approximate surface area is 271 Å². The van der Waals surface area contributed by atoms with E-state index >= 15 is 8.78 Å². The summed E-state index contributed by atoms with van der Waals surface area (Å²) >= 11 is 0. The number of hydrogen-bond acceptors (Lipinski definition) is 8. The average molecular weight is 678 g/mol. The van der Waals surface area contributed by atoms with Gasteiger partial charge in [0.15, 0.2) is 5.82 Å². The number of nitrogen functional groups attached to an aromatic ring is 1. The van der Waals surface area contributed by atoms with E-state index in [-0.39, 0.29) is 83.4 Å². The van der Waals surface area contributed by atoms with Gasteiger partial charge in [0.05, 0.1) is 27.7 Å². The van der Waals surface area contributed by atoms with Gasteiger partial charge in [-0.3, -0.25) is 4.90 Å². The molecule has 3 atom stereocenters. The van der Waals surface area contributed by atoms with Gasteiger partial charge in [-0.2, -0.15) is 31.9 Å². The molecular weight excluding hydrogens is 643 g/mol. The second-order valence-electron chi connectivity index (χ2n) is 13.2. The van der Waals surface area contributed by atoms with Crippen molar-refractivity contribution in [2.24, 2.45) is 0 Å². The molecule has 0 amide bonds. The number of aromatic nitrogens is 3. The summed E-state index contributed by atoms with van der Waals surface area (Å²) in [5, 5.41) is 3.41. The van der Waals surface area contributed by atoms with Crippen LogP contribution in [-0.2, 0) is 6.18 Å². The van der Waals surface area contributed by atoms with Crippen molar-refractivity contribution in [3.8, 4) is 17.3 Å². The highest BCUT2D eigenvalue weighted by Crippen LogP contribution is 2.48. The maximum atomic E-state index is 16.9. The lowest BCUT2D eigenvalue weighted by molar-refractivity contribution is -0.137. The Bertz CT molecular complexity index is 1880. The van der Waals surface area contributed by atoms with Crippen molar-refractivity contribution in [2.75, 3.05) is 43.4 Å². The van der Waals surface area contributed by atoms with E-state index in [9.17, 15) is 22.0 Å². The molecule has 0 spiro atoms. The van der Waals surface area contributed by atoms with Crippen LogP contribution in [-0.4, -0.2) is 70.3 Å². The molecule has 0 bridgehead atoms. The van der Waals surface area contributed by atoms with Gasteiger partial charge in [0, 0.05) is 42.9 Å². The number of anilines is 2. The van der Waals surface area contributed by atoms with Gasteiger partial charge in [0.1, 0.15) is 29.6 Å². The summed E-state index contributed by atoms with van der Waals surface area (Å²) < 4.78 is 110. The van der Waals surface area contributed by atoms with Crippen LogP contribution in [0.3, 0.4) is 0 Å². The van der Waals surface area contributed by atoms with E-state index in [1.165, 1.54) is 0 Å². The third-order valence-electron chi connectivity index (χ3n) is 10.2. The molecule has 3 N–H and O–H groups in total. The second-order valence-corrected chi connectivity index (χ2v) is 13.2. The molecule has 3 fully saturated rings. The van der Waals surface area contributed by atoms with Crippen molar-refractivity contribution >= 4 is 28.1 Å². The predicted molar refractivity (Wildman–Crippen MR) is 167 cm³/mol. The molecule has 7 rings (SSSR count). The lowest BCUT2D eigenvalue weighted by Gasteiger charge is -2.40. The Morgan fingerprint density at radius 1 is 1.17 bits per heavy atom. The molecule has 2 aromatic heterocycles. The number of halogens is 7. The molecule has 256 valence electrons. The van der Waals surface area contributed by atoms with Gasteiger partial charge < -0.3 is 20.7 Å². The molecular formula is C33H34F7N7O. The smallest absolute Gasteiger partial charge is 0.418 e. The maximum absolute atomic E-state index is 16.9. The zero-order valence-corrected chi connectivity index (χ0v) is 26.4. The Morgan fingerprint density at radius 3 is 2.65 bits per heavy atom. The normalized spacial score (nSPS) is 24.2. The van der Waals surface area contributed by atoms with Crippen LogP contribution in [0.25, 0.3) is 27.7 Å². The van der Waals surface area contributed by atoms with Gasteiger partial charge in [0.2, 0.25) is 0 Å². The monoisotopic (exact) mass is 677 g/mol. The summed E-state index contributed by atoms with van der Waals surface area (Å²) in [7, 11) is 0. The minimum atomic E-state index is -5.02. The van der Waals surface area contributed by atoms with E-state index in [4.69, 9.17) is 10.5 Å². The van der Waals surface area contributed by atoms with Crippen molar-refractivity contribution in [3.63, 3.8) is 0 Å². The largest absolute Gasteiger partial charge is 0.461 e. The number of alkyl halides is 3. The average Bonchev–Trinajstić information content (AvgIpc) is 3.54. The number of benzene rings is 1. The molecule has 0 aliphatic carbocycles. The Balaban J connectivity index is 1.45. The van der Waals surface area contributed by atoms with Gasteiger partial charge in [-0.05, 0) is 62.8 Å². The second kappa shape index (κ2) is 11.6. The van der Waals surface area contributed by atoms with Gasteiger partial charge in [0.25, 0.3) is 6.08 Å². The van der Waals surface area contributed by atoms with Crippen molar-refractivity contribution < 1.29 is 35.5 Å². The fourth-order valence-corrected chi connectivity index (χ4v) is 7.95. The highest BCUT2D eigenvalue weighted by molar-refractivity contribution is 6.03. The molecule has 1 aromatic carbocycles. The number of hydrogen-bond donors (Lipinski definition) is 2. The first kappa shape index (κ1) is 32.6. The number of nitrogens with zero attached hydrogens (tertiary/aromatic N) is 5. The number of piperazine rings is 1. The van der Waals surface area contributed by atoms with E-state index in [1.807, 2.05) is 16.7 Å². The molecule has 8 nitrogen and oxygen atoms in total. The number of ether oxygens (including phenoxy) is 1. The van der Waals surface area contributed by atoms with Gasteiger partial charge in [-0.25, -0.2) is 13.8 Å². The molecule has 6 heterocycles. The molecule has 4 aliphatic heterocycles. The summed E-state index contributed by atoms with van der Waals surface area (Å²) in [4.78, 5) is 16.7. The highest BCUT2D eigenvalue weighted by atomic mass is 19.4. The summed E-state index contributed by atoms with van der Waals surface area (Å²) in [6, 6.07) is 0.396. The summed E-state index contributed by atoms with van der Waals surface area (Å²) in [6.45, 7) is 8.72. The van der Waals surface area contributed by atoms with Crippen molar-refractivity contribution in [1.29, 1.82) is 0 Å². The number of rotatable bonds is 5. The SMILES string of the molecule is C=C1C[C@@H]2CN[C@H](CC)CN2c2nc(OC[C@@]34CCCN3CC(=C(F)F)C4)nc3c(F)c(-c4nc(N)cc(C)c4C(F)(F)F)c(F)c1c23. The van der Waals surface area contributed by atoms with Crippen molar-refractivity contribution in [2.45, 2.75) is 69.8 Å². The molecule has 48 heavy (non-hydrogen) atoms. The molecule has 4 aliphatic rings. The van der Waals surface area contributed by atoms with E-state index in [2.05, 4.69) is 26.8 Å². The fraction of sp³-hybridized carbons (Fsp3) is 0.485. The van der Waals surface area contributed by atoms with Crippen LogP contribution in [0.5, 0.6) is 6.01 Å². The zero-order chi connectivity index (χ0) is 34.3. The lowest BCUT2D eigenvalue weighted by atomic mass is 9.91. The van der Waals surface area contributed by atoms with E-state index in [0.29, 0.717) is 26.1 Å². The van der Waals surface area contributed by atoms with Crippen LogP contribution in [0.1, 0.15) is 55.7 Å². The van der Waals surface area contributed by atoms with Crippen LogP contribution >= 0.6 is 0 Å².